The van der Waals surface area contributed by atoms with Gasteiger partial charge < -0.3 is 0 Å². The van der Waals surface area contributed by atoms with Crippen LogP contribution >= 0.6 is 0 Å². The summed E-state index contributed by atoms with van der Waals surface area (Å²) in [7, 11) is -3.50. The Hall–Kier alpha value is -1.20. The van der Waals surface area contributed by atoms with Crippen LogP contribution in [-0.2, 0) is 10.0 Å². The Kier molecular flexibility index (Phi) is 3.73. The summed E-state index contributed by atoms with van der Waals surface area (Å²) in [5.41, 5.74) is 0.788. The fourth-order valence-corrected chi connectivity index (χ4v) is 6.46. The summed E-state index contributed by atoms with van der Waals surface area (Å²) < 4.78 is 27.8. The summed E-state index contributed by atoms with van der Waals surface area (Å²) >= 11 is 0. The van der Waals surface area contributed by atoms with Crippen molar-refractivity contribution in [3.05, 3.63) is 29.8 Å². The van der Waals surface area contributed by atoms with Crippen molar-refractivity contribution in [1.29, 1.82) is 0 Å². The highest BCUT2D eigenvalue weighted by Gasteiger charge is 2.53. The first-order valence-electron chi connectivity index (χ1n) is 8.15. The minimum atomic E-state index is -3.50. The molecule has 0 amide bonds. The van der Waals surface area contributed by atoms with E-state index in [4.69, 9.17) is 0 Å². The molecule has 0 radical (unpaired) electrons. The molecule has 2 unspecified atom stereocenters. The number of hydrogen-bond acceptors (Lipinski definition) is 3. The molecule has 1 aromatic carbocycles. The van der Waals surface area contributed by atoms with Crippen molar-refractivity contribution >= 4 is 15.8 Å². The Labute approximate surface area is 138 Å². The number of hydrogen-bond donors (Lipinski definition) is 0. The Morgan fingerprint density at radius 1 is 1.13 bits per heavy atom. The largest absolute Gasteiger partial charge is 0.295 e. The number of Topliss-reactive ketones (excluding diaryl/α,β-unsaturated/α-hetero) is 1. The van der Waals surface area contributed by atoms with Crippen molar-refractivity contribution in [2.75, 3.05) is 6.54 Å². The van der Waals surface area contributed by atoms with Gasteiger partial charge in [0.1, 0.15) is 0 Å². The standard InChI is InChI=1S/C18H25NO3S/c1-13(20)14-5-7-16(8-6-14)23(21,22)19-12-18(4)10-15(19)9-17(2,3)11-18/h5-8,15H,9-12H2,1-4H3. The second-order valence-corrected chi connectivity index (χ2v) is 10.2. The summed E-state index contributed by atoms with van der Waals surface area (Å²) in [6, 6.07) is 6.40. The van der Waals surface area contributed by atoms with E-state index in [0.29, 0.717) is 12.1 Å². The molecule has 3 rings (SSSR count). The predicted molar refractivity (Wildman–Crippen MR) is 89.9 cm³/mol. The number of sulfonamides is 1. The minimum Gasteiger partial charge on any atom is -0.295 e. The second-order valence-electron chi connectivity index (χ2n) is 8.34. The van der Waals surface area contributed by atoms with Crippen LogP contribution in [0.15, 0.2) is 29.2 Å². The molecule has 0 aromatic heterocycles. The van der Waals surface area contributed by atoms with E-state index in [-0.39, 0.29) is 27.6 Å². The number of carbonyl (C=O) groups excluding carboxylic acids is 1. The number of carbonyl (C=O) groups is 1. The number of nitrogens with zero attached hydrogens (tertiary/aromatic N) is 1. The fraction of sp³-hybridized carbons (Fsp3) is 0.611. The van der Waals surface area contributed by atoms with E-state index in [0.717, 1.165) is 19.3 Å². The highest BCUT2D eigenvalue weighted by molar-refractivity contribution is 7.89. The number of benzene rings is 1. The fourth-order valence-electron chi connectivity index (χ4n) is 4.69. The molecule has 2 bridgehead atoms. The van der Waals surface area contributed by atoms with Gasteiger partial charge in [-0.1, -0.05) is 32.9 Å². The van der Waals surface area contributed by atoms with E-state index in [9.17, 15) is 13.2 Å². The highest BCUT2D eigenvalue weighted by Crippen LogP contribution is 2.53. The molecule has 1 heterocycles. The van der Waals surface area contributed by atoms with Gasteiger partial charge in [0.25, 0.3) is 0 Å². The lowest BCUT2D eigenvalue weighted by Crippen LogP contribution is -2.37. The van der Waals surface area contributed by atoms with Crippen LogP contribution in [-0.4, -0.2) is 31.1 Å². The van der Waals surface area contributed by atoms with E-state index in [1.807, 2.05) is 0 Å². The van der Waals surface area contributed by atoms with Gasteiger partial charge >= 0.3 is 0 Å². The van der Waals surface area contributed by atoms with Gasteiger partial charge in [-0.3, -0.25) is 4.79 Å². The molecule has 126 valence electrons. The van der Waals surface area contributed by atoms with Crippen molar-refractivity contribution in [2.24, 2.45) is 10.8 Å². The van der Waals surface area contributed by atoms with E-state index < -0.39 is 10.0 Å². The first-order valence-corrected chi connectivity index (χ1v) is 9.59. The van der Waals surface area contributed by atoms with Crippen molar-refractivity contribution in [3.8, 4) is 0 Å². The smallest absolute Gasteiger partial charge is 0.243 e. The molecular weight excluding hydrogens is 310 g/mol. The maximum atomic E-state index is 13.1. The summed E-state index contributed by atoms with van der Waals surface area (Å²) in [5.74, 6) is -0.0553. The van der Waals surface area contributed by atoms with E-state index in [1.165, 1.54) is 6.92 Å². The van der Waals surface area contributed by atoms with Crippen LogP contribution in [0.5, 0.6) is 0 Å². The van der Waals surface area contributed by atoms with E-state index in [2.05, 4.69) is 20.8 Å². The van der Waals surface area contributed by atoms with Crippen LogP contribution < -0.4 is 0 Å². The normalized spacial score (nSPS) is 30.3. The molecule has 0 N–H and O–H groups in total. The first-order chi connectivity index (χ1) is 10.5. The highest BCUT2D eigenvalue weighted by atomic mass is 32.2. The lowest BCUT2D eigenvalue weighted by Gasteiger charge is -2.39. The van der Waals surface area contributed by atoms with Gasteiger partial charge in [-0.2, -0.15) is 4.31 Å². The topological polar surface area (TPSA) is 54.5 Å². The summed E-state index contributed by atoms with van der Waals surface area (Å²) in [4.78, 5) is 11.7. The molecule has 4 nitrogen and oxygen atoms in total. The average Bonchev–Trinajstić information content (AvgIpc) is 2.68. The summed E-state index contributed by atoms with van der Waals surface area (Å²) in [6.07, 6.45) is 2.92. The molecule has 2 fully saturated rings. The van der Waals surface area contributed by atoms with Crippen LogP contribution in [0.25, 0.3) is 0 Å². The van der Waals surface area contributed by atoms with Crippen LogP contribution in [0.3, 0.4) is 0 Å². The number of rotatable bonds is 3. The van der Waals surface area contributed by atoms with Crippen LogP contribution in [0.1, 0.15) is 57.3 Å². The lowest BCUT2D eigenvalue weighted by molar-refractivity contribution is 0.101. The van der Waals surface area contributed by atoms with Crippen molar-refractivity contribution in [3.63, 3.8) is 0 Å². The molecule has 2 aliphatic rings. The molecule has 1 aliphatic carbocycles. The Bertz CT molecular complexity index is 736. The molecule has 2 atom stereocenters. The predicted octanol–water partition coefficient (Wildman–Crippen LogP) is 3.48. The third-order valence-electron chi connectivity index (χ3n) is 5.23. The molecule has 1 saturated heterocycles. The van der Waals surface area contributed by atoms with E-state index in [1.54, 1.807) is 28.6 Å². The Balaban J connectivity index is 1.93. The van der Waals surface area contributed by atoms with Gasteiger partial charge in [0, 0.05) is 18.2 Å². The number of ketones is 1. The molecule has 1 saturated carbocycles. The van der Waals surface area contributed by atoms with Gasteiger partial charge in [0.05, 0.1) is 4.90 Å². The van der Waals surface area contributed by atoms with Gasteiger partial charge in [0.15, 0.2) is 5.78 Å². The maximum absolute atomic E-state index is 13.1. The molecular formula is C18H25NO3S. The van der Waals surface area contributed by atoms with Gasteiger partial charge in [-0.05, 0) is 49.1 Å². The minimum absolute atomic E-state index is 0.0553. The third kappa shape index (κ3) is 2.96. The van der Waals surface area contributed by atoms with Crippen LogP contribution in [0, 0.1) is 10.8 Å². The average molecular weight is 335 g/mol. The quantitative estimate of drug-likeness (QED) is 0.795. The maximum Gasteiger partial charge on any atom is 0.243 e. The van der Waals surface area contributed by atoms with Crippen LogP contribution in [0.4, 0.5) is 0 Å². The lowest BCUT2D eigenvalue weighted by atomic mass is 9.65. The first kappa shape index (κ1) is 16.7. The Morgan fingerprint density at radius 2 is 1.74 bits per heavy atom. The molecule has 5 heteroatoms. The Morgan fingerprint density at radius 3 is 2.30 bits per heavy atom. The monoisotopic (exact) mass is 335 g/mol. The van der Waals surface area contributed by atoms with Crippen molar-refractivity contribution in [1.82, 2.24) is 4.31 Å². The van der Waals surface area contributed by atoms with Gasteiger partial charge in [-0.15, -0.1) is 0 Å². The zero-order chi connectivity index (χ0) is 17.0. The molecule has 0 spiro atoms. The zero-order valence-electron chi connectivity index (χ0n) is 14.3. The molecule has 1 aromatic rings. The zero-order valence-corrected chi connectivity index (χ0v) is 15.1. The summed E-state index contributed by atoms with van der Waals surface area (Å²) in [6.45, 7) is 8.74. The molecule has 23 heavy (non-hydrogen) atoms. The van der Waals surface area contributed by atoms with Gasteiger partial charge in [0.2, 0.25) is 10.0 Å². The van der Waals surface area contributed by atoms with Crippen LogP contribution in [0.2, 0.25) is 0 Å². The van der Waals surface area contributed by atoms with Crippen molar-refractivity contribution < 1.29 is 13.2 Å². The third-order valence-corrected chi connectivity index (χ3v) is 7.15. The van der Waals surface area contributed by atoms with Gasteiger partial charge in [-0.25, -0.2) is 8.42 Å². The van der Waals surface area contributed by atoms with Crippen molar-refractivity contribution in [2.45, 2.75) is 57.9 Å². The summed E-state index contributed by atoms with van der Waals surface area (Å²) in [5, 5.41) is 0. The van der Waals surface area contributed by atoms with E-state index >= 15 is 0 Å². The molecule has 1 aliphatic heterocycles. The SMILES string of the molecule is CC(=O)c1ccc(S(=O)(=O)N2CC3(C)CC2CC(C)(C)C3)cc1. The number of fused-ring (bicyclic) bond motifs is 2. The second kappa shape index (κ2) is 5.15.